The first-order chi connectivity index (χ1) is 8.63. The molecule has 3 heteroatoms. The third-order valence-corrected chi connectivity index (χ3v) is 3.77. The first kappa shape index (κ1) is 13.6. The van der Waals surface area contributed by atoms with Gasteiger partial charge in [-0.3, -0.25) is 0 Å². The molecule has 18 heavy (non-hydrogen) atoms. The highest BCUT2D eigenvalue weighted by Crippen LogP contribution is 2.17. The fourth-order valence-electron chi connectivity index (χ4n) is 1.86. The summed E-state index contributed by atoms with van der Waals surface area (Å²) in [6.45, 7) is 2.20. The van der Waals surface area contributed by atoms with Crippen LogP contribution in [-0.4, -0.2) is 6.04 Å². The lowest BCUT2D eigenvalue weighted by Crippen LogP contribution is -2.17. The van der Waals surface area contributed by atoms with Crippen LogP contribution >= 0.6 is 31.9 Å². The first-order valence-corrected chi connectivity index (χ1v) is 7.48. The molecule has 1 unspecified atom stereocenters. The topological polar surface area (TPSA) is 12.0 Å². The van der Waals surface area contributed by atoms with Crippen LogP contribution in [0, 0.1) is 0 Å². The second kappa shape index (κ2) is 6.39. The van der Waals surface area contributed by atoms with Gasteiger partial charge in [0.15, 0.2) is 0 Å². The van der Waals surface area contributed by atoms with E-state index in [1.807, 2.05) is 0 Å². The van der Waals surface area contributed by atoms with Crippen molar-refractivity contribution >= 4 is 37.5 Å². The van der Waals surface area contributed by atoms with Crippen molar-refractivity contribution in [2.24, 2.45) is 0 Å². The standard InChI is InChI=1S/C15H15Br2N/c1-11(10-12-2-4-13(16)5-3-12)18-15-8-6-14(17)7-9-15/h2-9,11,18H,10H2,1H3. The van der Waals surface area contributed by atoms with Crippen molar-refractivity contribution in [1.82, 2.24) is 0 Å². The van der Waals surface area contributed by atoms with E-state index in [0.717, 1.165) is 21.1 Å². The van der Waals surface area contributed by atoms with Crippen LogP contribution in [0.3, 0.4) is 0 Å². The molecule has 2 aromatic carbocycles. The van der Waals surface area contributed by atoms with Crippen LogP contribution in [-0.2, 0) is 6.42 Å². The molecule has 0 bridgehead atoms. The van der Waals surface area contributed by atoms with Crippen LogP contribution in [0.2, 0.25) is 0 Å². The quantitative estimate of drug-likeness (QED) is 0.776. The SMILES string of the molecule is CC(Cc1ccc(Br)cc1)Nc1ccc(Br)cc1. The lowest BCUT2D eigenvalue weighted by atomic mass is 10.1. The molecule has 0 aliphatic heterocycles. The number of hydrogen-bond acceptors (Lipinski definition) is 1. The minimum atomic E-state index is 0.410. The molecule has 0 aliphatic rings. The minimum absolute atomic E-state index is 0.410. The maximum absolute atomic E-state index is 3.50. The zero-order chi connectivity index (χ0) is 13.0. The first-order valence-electron chi connectivity index (χ1n) is 5.90. The predicted octanol–water partition coefficient (Wildman–Crippen LogP) is 5.25. The van der Waals surface area contributed by atoms with E-state index >= 15 is 0 Å². The van der Waals surface area contributed by atoms with Gasteiger partial charge in [0, 0.05) is 20.7 Å². The molecule has 0 spiro atoms. The molecule has 0 amide bonds. The predicted molar refractivity (Wildman–Crippen MR) is 85.1 cm³/mol. The zero-order valence-electron chi connectivity index (χ0n) is 10.2. The number of rotatable bonds is 4. The largest absolute Gasteiger partial charge is 0.382 e. The van der Waals surface area contributed by atoms with Crippen LogP contribution < -0.4 is 5.32 Å². The van der Waals surface area contributed by atoms with Gasteiger partial charge in [-0.1, -0.05) is 44.0 Å². The van der Waals surface area contributed by atoms with Crippen molar-refractivity contribution in [2.45, 2.75) is 19.4 Å². The average molecular weight is 369 g/mol. The molecule has 0 saturated carbocycles. The molecule has 2 aromatic rings. The Balaban J connectivity index is 1.94. The zero-order valence-corrected chi connectivity index (χ0v) is 13.3. The van der Waals surface area contributed by atoms with Crippen molar-refractivity contribution in [1.29, 1.82) is 0 Å². The molecule has 0 saturated heterocycles. The molecule has 0 heterocycles. The highest BCUT2D eigenvalue weighted by molar-refractivity contribution is 9.10. The summed E-state index contributed by atoms with van der Waals surface area (Å²) in [5.41, 5.74) is 2.50. The Kier molecular flexibility index (Phi) is 4.84. The van der Waals surface area contributed by atoms with Gasteiger partial charge in [0.25, 0.3) is 0 Å². The molecular formula is C15H15Br2N. The van der Waals surface area contributed by atoms with Gasteiger partial charge in [-0.25, -0.2) is 0 Å². The monoisotopic (exact) mass is 367 g/mol. The Morgan fingerprint density at radius 1 is 0.889 bits per heavy atom. The molecule has 1 nitrogen and oxygen atoms in total. The van der Waals surface area contributed by atoms with E-state index < -0.39 is 0 Å². The van der Waals surface area contributed by atoms with Crippen molar-refractivity contribution in [3.8, 4) is 0 Å². The molecule has 2 rings (SSSR count). The van der Waals surface area contributed by atoms with E-state index in [-0.39, 0.29) is 0 Å². The summed E-state index contributed by atoms with van der Waals surface area (Å²) >= 11 is 6.89. The van der Waals surface area contributed by atoms with Gasteiger partial charge < -0.3 is 5.32 Å². The molecule has 0 radical (unpaired) electrons. The minimum Gasteiger partial charge on any atom is -0.382 e. The number of nitrogens with one attached hydrogen (secondary N) is 1. The molecule has 0 fully saturated rings. The summed E-state index contributed by atoms with van der Waals surface area (Å²) in [5, 5.41) is 3.50. The van der Waals surface area contributed by atoms with Gasteiger partial charge in [0.1, 0.15) is 0 Å². The molecule has 1 N–H and O–H groups in total. The smallest absolute Gasteiger partial charge is 0.0343 e. The average Bonchev–Trinajstić information content (AvgIpc) is 2.35. The van der Waals surface area contributed by atoms with Crippen LogP contribution in [0.1, 0.15) is 12.5 Å². The Morgan fingerprint density at radius 3 is 1.94 bits per heavy atom. The van der Waals surface area contributed by atoms with E-state index in [0.29, 0.717) is 6.04 Å². The normalized spacial score (nSPS) is 12.2. The van der Waals surface area contributed by atoms with E-state index in [1.54, 1.807) is 0 Å². The number of halogens is 2. The summed E-state index contributed by atoms with van der Waals surface area (Å²) in [7, 11) is 0. The fraction of sp³-hybridized carbons (Fsp3) is 0.200. The number of anilines is 1. The van der Waals surface area contributed by atoms with Crippen LogP contribution in [0.4, 0.5) is 5.69 Å². The van der Waals surface area contributed by atoms with Crippen molar-refractivity contribution in [2.75, 3.05) is 5.32 Å². The van der Waals surface area contributed by atoms with Crippen molar-refractivity contribution in [3.05, 3.63) is 63.0 Å². The van der Waals surface area contributed by atoms with Gasteiger partial charge in [0.2, 0.25) is 0 Å². The summed E-state index contributed by atoms with van der Waals surface area (Å²) < 4.78 is 2.23. The molecule has 0 aromatic heterocycles. The lowest BCUT2D eigenvalue weighted by Gasteiger charge is -2.15. The van der Waals surface area contributed by atoms with E-state index in [4.69, 9.17) is 0 Å². The Morgan fingerprint density at radius 2 is 1.39 bits per heavy atom. The molecule has 94 valence electrons. The third-order valence-electron chi connectivity index (χ3n) is 2.71. The third kappa shape index (κ3) is 4.14. The number of benzene rings is 2. The van der Waals surface area contributed by atoms with Crippen LogP contribution in [0.25, 0.3) is 0 Å². The van der Waals surface area contributed by atoms with E-state index in [1.165, 1.54) is 5.56 Å². The van der Waals surface area contributed by atoms with Gasteiger partial charge in [0.05, 0.1) is 0 Å². The number of hydrogen-bond donors (Lipinski definition) is 1. The van der Waals surface area contributed by atoms with Gasteiger partial charge in [-0.2, -0.15) is 0 Å². The summed E-state index contributed by atoms with van der Waals surface area (Å²) in [5.74, 6) is 0. The van der Waals surface area contributed by atoms with Gasteiger partial charge >= 0.3 is 0 Å². The second-order valence-electron chi connectivity index (χ2n) is 4.38. The highest BCUT2D eigenvalue weighted by Gasteiger charge is 2.03. The van der Waals surface area contributed by atoms with Crippen LogP contribution in [0.5, 0.6) is 0 Å². The van der Waals surface area contributed by atoms with Crippen molar-refractivity contribution < 1.29 is 0 Å². The van der Waals surface area contributed by atoms with Crippen molar-refractivity contribution in [3.63, 3.8) is 0 Å². The Hall–Kier alpha value is -0.800. The Labute approximate surface area is 125 Å². The Bertz CT molecular complexity index is 443. The van der Waals surface area contributed by atoms with E-state index in [2.05, 4.69) is 92.6 Å². The van der Waals surface area contributed by atoms with E-state index in [9.17, 15) is 0 Å². The fourth-order valence-corrected chi connectivity index (χ4v) is 2.38. The van der Waals surface area contributed by atoms with Gasteiger partial charge in [-0.05, 0) is 55.3 Å². The summed E-state index contributed by atoms with van der Waals surface area (Å²) in [4.78, 5) is 0. The molecule has 0 aliphatic carbocycles. The van der Waals surface area contributed by atoms with Gasteiger partial charge in [-0.15, -0.1) is 0 Å². The summed E-state index contributed by atoms with van der Waals surface area (Å²) in [6.07, 6.45) is 1.02. The maximum Gasteiger partial charge on any atom is 0.0343 e. The highest BCUT2D eigenvalue weighted by atomic mass is 79.9. The van der Waals surface area contributed by atoms with Crippen LogP contribution in [0.15, 0.2) is 57.5 Å². The maximum atomic E-state index is 3.50. The lowest BCUT2D eigenvalue weighted by molar-refractivity contribution is 0.790. The molecule has 1 atom stereocenters. The summed E-state index contributed by atoms with van der Waals surface area (Å²) in [6, 6.07) is 17.2. The second-order valence-corrected chi connectivity index (χ2v) is 6.21. The molecular weight excluding hydrogens is 354 g/mol.